The second-order valence-electron chi connectivity index (χ2n) is 8.60. The van der Waals surface area contributed by atoms with Crippen molar-refractivity contribution in [3.63, 3.8) is 0 Å². The third-order valence-electron chi connectivity index (χ3n) is 5.61. The van der Waals surface area contributed by atoms with Gasteiger partial charge in [-0.25, -0.2) is 21.8 Å². The summed E-state index contributed by atoms with van der Waals surface area (Å²) in [5, 5.41) is 24.4. The number of anilines is 3. The predicted molar refractivity (Wildman–Crippen MR) is 142 cm³/mol. The maximum absolute atomic E-state index is 13.7. The van der Waals surface area contributed by atoms with E-state index < -0.39 is 86.1 Å². The summed E-state index contributed by atoms with van der Waals surface area (Å²) in [6, 6.07) is 1.44. The number of aryl methyl sites for hydroxylation is 1. The Hall–Kier alpha value is -1.52. The van der Waals surface area contributed by atoms with Crippen molar-refractivity contribution in [2.45, 2.75) is 27.7 Å². The van der Waals surface area contributed by atoms with Gasteiger partial charge in [0, 0.05) is 5.69 Å². The average molecular weight is 774 g/mol. The van der Waals surface area contributed by atoms with Gasteiger partial charge in [0.15, 0.2) is 11.9 Å². The number of hydrogen-bond donors (Lipinski definition) is 2. The molecule has 0 aliphatic carbocycles. The number of aliphatic carboxylic acids is 1. The van der Waals surface area contributed by atoms with E-state index in [0.717, 1.165) is 18.2 Å². The largest absolute Gasteiger partial charge is 1.00 e. The SMILES string of the molecule is Cc1nc(F)nc(Nc2ccc(S(=O)(=O)O)c(N=NC3C(=O)N(c4cc(S(=O)(=O)[O-])ccc4S(=O)(=O)[O-])N=C3C(=O)[O-])c2)c1Cl.[Na+].[Na+].[Na+]. The van der Waals surface area contributed by atoms with Crippen LogP contribution in [-0.2, 0) is 39.9 Å². The van der Waals surface area contributed by atoms with Gasteiger partial charge in [-0.3, -0.25) is 9.35 Å². The van der Waals surface area contributed by atoms with E-state index in [9.17, 15) is 58.0 Å². The van der Waals surface area contributed by atoms with Crippen LogP contribution in [0.2, 0.25) is 5.02 Å². The van der Waals surface area contributed by atoms with Crippen LogP contribution in [0.15, 0.2) is 66.4 Å². The Morgan fingerprint density at radius 2 is 1.60 bits per heavy atom. The summed E-state index contributed by atoms with van der Waals surface area (Å²) in [7, 11) is -15.9. The first-order valence-corrected chi connectivity index (χ1v) is 16.0. The number of carbonyl (C=O) groups is 2. The third-order valence-corrected chi connectivity index (χ3v) is 8.67. The standard InChI is InChI=1S/C21H15ClFN7O12S3.3Na/c1-8-15(22)18(26-21(23)24-8)25-9-2-4-13(44(37,38)39)11(6-9)27-28-16-17(20(32)33)29-30(19(16)31)12-7-10(43(34,35)36)3-5-14(12)45(40,41)42;;;/h2-7,16H,1H3,(H,32,33)(H,24,25,26)(H,34,35,36)(H,37,38,39)(H,40,41,42);;;/q;3*+1/p-3. The molecule has 2 N–H and O–H groups in total. The first kappa shape index (κ1) is 44.5. The van der Waals surface area contributed by atoms with E-state index in [1.54, 1.807) is 0 Å². The van der Waals surface area contributed by atoms with Crippen molar-refractivity contribution in [2.75, 3.05) is 10.3 Å². The number of hydrazone groups is 1. The van der Waals surface area contributed by atoms with Crippen LogP contribution in [0, 0.1) is 13.0 Å². The molecule has 1 aliphatic heterocycles. The van der Waals surface area contributed by atoms with Crippen LogP contribution in [0.1, 0.15) is 5.69 Å². The van der Waals surface area contributed by atoms with Crippen LogP contribution in [0.4, 0.5) is 27.3 Å². The van der Waals surface area contributed by atoms with Crippen molar-refractivity contribution in [2.24, 2.45) is 15.3 Å². The van der Waals surface area contributed by atoms with E-state index in [2.05, 4.69) is 30.6 Å². The number of carbonyl (C=O) groups excluding carboxylic acids is 2. The number of carboxylic acid groups (broad SMARTS) is 1. The maximum atomic E-state index is 13.7. The Kier molecular flexibility index (Phi) is 15.5. The number of carboxylic acids is 1. The summed E-state index contributed by atoms with van der Waals surface area (Å²) >= 11 is 6.05. The van der Waals surface area contributed by atoms with Gasteiger partial charge in [-0.2, -0.15) is 38.1 Å². The molecule has 0 spiro atoms. The Labute approximate surface area is 341 Å². The maximum Gasteiger partial charge on any atom is 1.00 e. The summed E-state index contributed by atoms with van der Waals surface area (Å²) < 4.78 is 117. The second-order valence-corrected chi connectivity index (χ2v) is 13.1. The number of azo groups is 1. The van der Waals surface area contributed by atoms with Crippen molar-refractivity contribution in [3.05, 3.63) is 53.2 Å². The fourth-order valence-corrected chi connectivity index (χ4v) is 5.52. The van der Waals surface area contributed by atoms with E-state index in [0.29, 0.717) is 12.1 Å². The zero-order valence-corrected chi connectivity index (χ0v) is 33.8. The molecule has 1 amide bonds. The Morgan fingerprint density at radius 1 is 1.00 bits per heavy atom. The summed E-state index contributed by atoms with van der Waals surface area (Å²) in [6.45, 7) is 1.35. The van der Waals surface area contributed by atoms with Crippen molar-refractivity contribution in [1.82, 2.24) is 9.97 Å². The van der Waals surface area contributed by atoms with Crippen LogP contribution >= 0.6 is 11.6 Å². The number of rotatable bonds is 9. The molecule has 19 nitrogen and oxygen atoms in total. The number of amides is 1. The van der Waals surface area contributed by atoms with Crippen molar-refractivity contribution in [3.8, 4) is 0 Å². The molecule has 1 unspecified atom stereocenters. The van der Waals surface area contributed by atoms with Gasteiger partial charge in [0.1, 0.15) is 41.6 Å². The van der Waals surface area contributed by atoms with E-state index in [4.69, 9.17) is 11.6 Å². The molecule has 0 saturated carbocycles. The van der Waals surface area contributed by atoms with Crippen molar-refractivity contribution < 1.29 is 147 Å². The van der Waals surface area contributed by atoms with Crippen LogP contribution in [-0.4, -0.2) is 72.5 Å². The Balaban J connectivity index is 0.00000384. The van der Waals surface area contributed by atoms with Gasteiger partial charge in [-0.15, -0.1) is 0 Å². The number of hydrogen-bond acceptors (Lipinski definition) is 17. The predicted octanol–water partition coefficient (Wildman–Crippen LogP) is -9.01. The Morgan fingerprint density at radius 3 is 2.15 bits per heavy atom. The number of aromatic nitrogens is 2. The Bertz CT molecular complexity index is 2190. The molecule has 0 saturated heterocycles. The van der Waals surface area contributed by atoms with Crippen LogP contribution in [0.25, 0.3) is 0 Å². The summed E-state index contributed by atoms with van der Waals surface area (Å²) in [5.74, 6) is -4.07. The smallest absolute Gasteiger partial charge is 0.744 e. The minimum atomic E-state index is -5.50. The topological polar surface area (TPSA) is 304 Å². The second kappa shape index (κ2) is 16.7. The van der Waals surface area contributed by atoms with E-state index in [1.807, 2.05) is 0 Å². The van der Waals surface area contributed by atoms with Gasteiger partial charge in [-0.1, -0.05) is 11.6 Å². The summed E-state index contributed by atoms with van der Waals surface area (Å²) in [5.41, 5.74) is -3.26. The van der Waals surface area contributed by atoms with Crippen molar-refractivity contribution in [1.29, 1.82) is 0 Å². The van der Waals surface area contributed by atoms with Gasteiger partial charge in [0.2, 0.25) is 0 Å². The fourth-order valence-electron chi connectivity index (χ4n) is 3.66. The zero-order valence-electron chi connectivity index (χ0n) is 24.6. The van der Waals surface area contributed by atoms with E-state index in [1.165, 1.54) is 6.92 Å². The number of nitrogens with zero attached hydrogens (tertiary/aromatic N) is 6. The molecule has 3 aromatic rings. The first-order chi connectivity index (χ1) is 20.7. The van der Waals surface area contributed by atoms with E-state index in [-0.39, 0.29) is 122 Å². The minimum absolute atomic E-state index is 0. The fraction of sp³-hybridized carbons (Fsp3) is 0.0952. The molecule has 0 fully saturated rings. The molecular weight excluding hydrogens is 762 g/mol. The number of halogens is 2. The molecule has 27 heteroatoms. The monoisotopic (exact) mass is 773 g/mol. The normalized spacial score (nSPS) is 14.9. The quantitative estimate of drug-likeness (QED) is 0.0883. The molecule has 1 aliphatic rings. The molecule has 48 heavy (non-hydrogen) atoms. The molecule has 2 aromatic carbocycles. The van der Waals surface area contributed by atoms with Crippen LogP contribution in [0.3, 0.4) is 0 Å². The van der Waals surface area contributed by atoms with Gasteiger partial charge >= 0.3 is 94.8 Å². The molecule has 1 aromatic heterocycles. The van der Waals surface area contributed by atoms with Gasteiger partial charge < -0.3 is 24.3 Å². The zero-order chi connectivity index (χ0) is 33.6. The van der Waals surface area contributed by atoms with Gasteiger partial charge in [0.05, 0.1) is 27.1 Å². The molecule has 0 radical (unpaired) electrons. The van der Waals surface area contributed by atoms with Crippen LogP contribution in [0.5, 0.6) is 0 Å². The molecule has 238 valence electrons. The number of nitrogens with one attached hydrogen (secondary N) is 1. The van der Waals surface area contributed by atoms with Gasteiger partial charge in [0.25, 0.3) is 16.0 Å². The molecule has 1 atom stereocenters. The molecule has 2 heterocycles. The molecule has 4 rings (SSSR count). The van der Waals surface area contributed by atoms with E-state index >= 15 is 0 Å². The first-order valence-electron chi connectivity index (χ1n) is 11.4. The van der Waals surface area contributed by atoms with Gasteiger partial charge in [-0.05, 0) is 43.3 Å². The molecule has 0 bridgehead atoms. The third kappa shape index (κ3) is 10.0. The number of benzene rings is 2. The average Bonchev–Trinajstić information content (AvgIpc) is 3.24. The van der Waals surface area contributed by atoms with Crippen LogP contribution < -0.4 is 104 Å². The molecular formula is C21H12ClFN7Na3O12S3. The minimum Gasteiger partial charge on any atom is -0.744 e. The summed E-state index contributed by atoms with van der Waals surface area (Å²) in [6.07, 6.45) is -1.18. The summed E-state index contributed by atoms with van der Waals surface area (Å²) in [4.78, 5) is 28.5. The van der Waals surface area contributed by atoms with Crippen molar-refractivity contribution >= 4 is 82.4 Å².